The fraction of sp³-hybridized carbons (Fsp3) is 0.417. The summed E-state index contributed by atoms with van der Waals surface area (Å²) in [4.78, 5) is 11.8. The molecule has 1 aromatic carbocycles. The molecule has 1 unspecified atom stereocenters. The maximum absolute atomic E-state index is 11.8. The van der Waals surface area contributed by atoms with Crippen LogP contribution in [0.3, 0.4) is 0 Å². The van der Waals surface area contributed by atoms with Gasteiger partial charge in [-0.3, -0.25) is 9.00 Å². The summed E-state index contributed by atoms with van der Waals surface area (Å²) in [6.07, 6.45) is 0. The second-order valence-electron chi connectivity index (χ2n) is 3.85. The molecule has 0 heterocycles. The molecule has 0 bridgehead atoms. The van der Waals surface area contributed by atoms with E-state index in [0.717, 1.165) is 0 Å². The molecule has 0 spiro atoms. The number of ether oxygens (including phenoxy) is 1. The Morgan fingerprint density at radius 1 is 1.47 bits per heavy atom. The van der Waals surface area contributed by atoms with Crippen LogP contribution >= 0.6 is 11.6 Å². The lowest BCUT2D eigenvalue weighted by Gasteiger charge is -2.07. The molecular weight excluding hydrogens is 260 g/mol. The molecule has 0 fully saturated rings. The first-order valence-electron chi connectivity index (χ1n) is 5.19. The SMILES string of the molecule is COc1ccc(C(=O)CS(=O)C(C)C)cc1Cl. The van der Waals surface area contributed by atoms with Crippen molar-refractivity contribution in [3.63, 3.8) is 0 Å². The van der Waals surface area contributed by atoms with Gasteiger partial charge in [-0.25, -0.2) is 0 Å². The Bertz CT molecular complexity index is 443. The van der Waals surface area contributed by atoms with Crippen molar-refractivity contribution in [2.24, 2.45) is 0 Å². The molecule has 0 aromatic heterocycles. The summed E-state index contributed by atoms with van der Waals surface area (Å²) in [5.41, 5.74) is 0.463. The first-order valence-corrected chi connectivity index (χ1v) is 6.95. The third kappa shape index (κ3) is 3.82. The Balaban J connectivity index is 2.83. The number of Topliss-reactive ketones (excluding diaryl/α,β-unsaturated/α-hetero) is 1. The lowest BCUT2D eigenvalue weighted by molar-refractivity contribution is 0.102. The van der Waals surface area contributed by atoms with Gasteiger partial charge in [0.1, 0.15) is 5.75 Å². The molecule has 1 atom stereocenters. The molecular formula is C12H15ClO3S. The van der Waals surface area contributed by atoms with Gasteiger partial charge in [-0.05, 0) is 18.2 Å². The summed E-state index contributed by atoms with van der Waals surface area (Å²) in [6.45, 7) is 3.65. The van der Waals surface area contributed by atoms with E-state index in [4.69, 9.17) is 16.3 Å². The quantitative estimate of drug-likeness (QED) is 0.776. The van der Waals surface area contributed by atoms with Crippen molar-refractivity contribution in [2.45, 2.75) is 19.1 Å². The second-order valence-corrected chi connectivity index (χ2v) is 6.25. The Morgan fingerprint density at radius 3 is 2.59 bits per heavy atom. The van der Waals surface area contributed by atoms with Crippen molar-refractivity contribution >= 4 is 28.2 Å². The molecule has 0 N–H and O–H groups in total. The molecule has 0 saturated heterocycles. The summed E-state index contributed by atoms with van der Waals surface area (Å²) < 4.78 is 16.6. The van der Waals surface area contributed by atoms with Crippen LogP contribution < -0.4 is 4.74 Å². The van der Waals surface area contributed by atoms with Gasteiger partial charge in [0.25, 0.3) is 0 Å². The van der Waals surface area contributed by atoms with Gasteiger partial charge < -0.3 is 4.74 Å². The van der Waals surface area contributed by atoms with Crippen LogP contribution in [0, 0.1) is 0 Å². The maximum Gasteiger partial charge on any atom is 0.175 e. The fourth-order valence-electron chi connectivity index (χ4n) is 1.22. The fourth-order valence-corrected chi connectivity index (χ4v) is 2.24. The average Bonchev–Trinajstić information content (AvgIpc) is 2.28. The minimum atomic E-state index is -1.14. The summed E-state index contributed by atoms with van der Waals surface area (Å²) in [7, 11) is 0.370. The van der Waals surface area contributed by atoms with E-state index < -0.39 is 10.8 Å². The predicted octanol–water partition coefficient (Wildman–Crippen LogP) is 2.69. The smallest absolute Gasteiger partial charge is 0.175 e. The monoisotopic (exact) mass is 274 g/mol. The first-order chi connectivity index (χ1) is 7.95. The van der Waals surface area contributed by atoms with Gasteiger partial charge in [0.15, 0.2) is 5.78 Å². The van der Waals surface area contributed by atoms with Crippen LogP contribution in [0.5, 0.6) is 5.75 Å². The van der Waals surface area contributed by atoms with Crippen molar-refractivity contribution in [1.82, 2.24) is 0 Å². The molecule has 0 aliphatic heterocycles. The molecule has 17 heavy (non-hydrogen) atoms. The van der Waals surface area contributed by atoms with E-state index in [1.807, 2.05) is 13.8 Å². The first kappa shape index (κ1) is 14.2. The standard InChI is InChI=1S/C12H15ClO3S/c1-8(2)17(15)7-11(14)9-4-5-12(16-3)10(13)6-9/h4-6,8H,7H2,1-3H3. The molecule has 1 rings (SSSR count). The zero-order valence-corrected chi connectivity index (χ0v) is 11.6. The Hall–Kier alpha value is -0.870. The number of carbonyl (C=O) groups excluding carboxylic acids is 1. The molecule has 0 aliphatic carbocycles. The summed E-state index contributed by atoms with van der Waals surface area (Å²) in [5, 5.41) is 0.362. The van der Waals surface area contributed by atoms with Crippen molar-refractivity contribution in [3.05, 3.63) is 28.8 Å². The van der Waals surface area contributed by atoms with E-state index >= 15 is 0 Å². The molecule has 0 amide bonds. The Kier molecular flexibility index (Phi) is 5.15. The Labute approximate surface area is 109 Å². The zero-order valence-electron chi connectivity index (χ0n) is 10.0. The molecule has 1 aromatic rings. The summed E-state index contributed by atoms with van der Waals surface area (Å²) >= 11 is 5.92. The van der Waals surface area contributed by atoms with Crippen LogP contribution in [0.4, 0.5) is 0 Å². The van der Waals surface area contributed by atoms with Gasteiger partial charge >= 0.3 is 0 Å². The van der Waals surface area contributed by atoms with Crippen LogP contribution in [0.25, 0.3) is 0 Å². The molecule has 0 radical (unpaired) electrons. The normalized spacial score (nSPS) is 12.5. The van der Waals surface area contributed by atoms with Crippen LogP contribution in [-0.4, -0.2) is 28.1 Å². The van der Waals surface area contributed by atoms with Gasteiger partial charge in [0.2, 0.25) is 0 Å². The van der Waals surface area contributed by atoms with Crippen molar-refractivity contribution in [3.8, 4) is 5.75 Å². The molecule has 3 nitrogen and oxygen atoms in total. The predicted molar refractivity (Wildman–Crippen MR) is 70.5 cm³/mol. The highest BCUT2D eigenvalue weighted by Gasteiger charge is 2.14. The molecule has 5 heteroatoms. The van der Waals surface area contributed by atoms with Crippen LogP contribution in [-0.2, 0) is 10.8 Å². The second kappa shape index (κ2) is 6.17. The Morgan fingerprint density at radius 2 is 2.12 bits per heavy atom. The van der Waals surface area contributed by atoms with E-state index in [0.29, 0.717) is 16.3 Å². The highest BCUT2D eigenvalue weighted by atomic mass is 35.5. The van der Waals surface area contributed by atoms with Gasteiger partial charge in [-0.2, -0.15) is 0 Å². The number of benzene rings is 1. The average molecular weight is 275 g/mol. The van der Waals surface area contributed by atoms with E-state index in [2.05, 4.69) is 0 Å². The summed E-state index contributed by atoms with van der Waals surface area (Å²) in [6, 6.07) is 4.80. The number of carbonyl (C=O) groups is 1. The topological polar surface area (TPSA) is 43.4 Å². The van der Waals surface area contributed by atoms with E-state index in [9.17, 15) is 9.00 Å². The number of hydrogen-bond donors (Lipinski definition) is 0. The van der Waals surface area contributed by atoms with Crippen LogP contribution in [0.15, 0.2) is 18.2 Å². The van der Waals surface area contributed by atoms with Crippen molar-refractivity contribution < 1.29 is 13.7 Å². The molecule has 94 valence electrons. The third-order valence-corrected chi connectivity index (χ3v) is 4.17. The van der Waals surface area contributed by atoms with Crippen molar-refractivity contribution in [1.29, 1.82) is 0 Å². The number of halogens is 1. The minimum Gasteiger partial charge on any atom is -0.495 e. The van der Waals surface area contributed by atoms with E-state index in [-0.39, 0.29) is 16.8 Å². The minimum absolute atomic E-state index is 0.0207. The lowest BCUT2D eigenvalue weighted by Crippen LogP contribution is -2.17. The van der Waals surface area contributed by atoms with Crippen molar-refractivity contribution in [2.75, 3.05) is 12.9 Å². The largest absolute Gasteiger partial charge is 0.495 e. The number of hydrogen-bond acceptors (Lipinski definition) is 3. The van der Waals surface area contributed by atoms with Gasteiger partial charge in [0.05, 0.1) is 17.9 Å². The molecule has 0 saturated carbocycles. The van der Waals surface area contributed by atoms with Crippen LogP contribution in [0.2, 0.25) is 5.02 Å². The highest BCUT2D eigenvalue weighted by Crippen LogP contribution is 2.25. The lowest BCUT2D eigenvalue weighted by atomic mass is 10.1. The maximum atomic E-state index is 11.8. The highest BCUT2D eigenvalue weighted by molar-refractivity contribution is 7.86. The van der Waals surface area contributed by atoms with Gasteiger partial charge in [-0.15, -0.1) is 0 Å². The zero-order chi connectivity index (χ0) is 13.0. The summed E-state index contributed by atoms with van der Waals surface area (Å²) in [5.74, 6) is 0.384. The number of rotatable bonds is 5. The van der Waals surface area contributed by atoms with E-state index in [1.165, 1.54) is 7.11 Å². The number of methoxy groups -OCH3 is 1. The molecule has 0 aliphatic rings. The third-order valence-electron chi connectivity index (χ3n) is 2.27. The van der Waals surface area contributed by atoms with Gasteiger partial charge in [-0.1, -0.05) is 25.4 Å². The van der Waals surface area contributed by atoms with Crippen LogP contribution in [0.1, 0.15) is 24.2 Å². The van der Waals surface area contributed by atoms with Gasteiger partial charge in [0, 0.05) is 21.6 Å². The number of ketones is 1. The van der Waals surface area contributed by atoms with E-state index in [1.54, 1.807) is 18.2 Å².